The summed E-state index contributed by atoms with van der Waals surface area (Å²) >= 11 is 0. The van der Waals surface area contributed by atoms with Gasteiger partial charge in [0.05, 0.1) is 11.9 Å². The van der Waals surface area contributed by atoms with Crippen LogP contribution in [0.5, 0.6) is 0 Å². The summed E-state index contributed by atoms with van der Waals surface area (Å²) in [5.41, 5.74) is 0.806. The third-order valence-electron chi connectivity index (χ3n) is 3.82. The van der Waals surface area contributed by atoms with Gasteiger partial charge in [-0.25, -0.2) is 0 Å². The highest BCUT2D eigenvalue weighted by molar-refractivity contribution is 5.98. The number of aliphatic imine (C=N–C) groups is 1. The van der Waals surface area contributed by atoms with E-state index in [1.54, 1.807) is 22.8 Å². The number of piperazine rings is 1. The largest absolute Gasteiger partial charge is 0.356 e. The fraction of sp³-hybridized carbons (Fsp3) is 0.625. The molecule has 0 bridgehead atoms. The fourth-order valence-corrected chi connectivity index (χ4v) is 2.69. The average molecular weight is 349 g/mol. The molecule has 0 unspecified atom stereocenters. The Kier molecular flexibility index (Phi) is 6.37. The van der Waals surface area contributed by atoms with Gasteiger partial charge in [0.2, 0.25) is 11.8 Å². The molecule has 2 rings (SSSR count). The number of guanidine groups is 1. The molecule has 0 aliphatic carbocycles. The first kappa shape index (κ1) is 18.8. The van der Waals surface area contributed by atoms with Crippen molar-refractivity contribution in [2.45, 2.75) is 26.3 Å². The van der Waals surface area contributed by atoms with Crippen molar-refractivity contribution in [1.82, 2.24) is 25.3 Å². The SMILES string of the molecule is CN=C(NCCC(=O)NC(C)C)N1CCN(c2cnn(C)c2)C(=O)C1. The van der Waals surface area contributed by atoms with Crippen molar-refractivity contribution in [2.24, 2.45) is 12.0 Å². The Morgan fingerprint density at radius 3 is 2.72 bits per heavy atom. The van der Waals surface area contributed by atoms with Crippen LogP contribution in [-0.2, 0) is 16.6 Å². The van der Waals surface area contributed by atoms with Crippen LogP contribution in [0.4, 0.5) is 5.69 Å². The number of anilines is 1. The zero-order valence-electron chi connectivity index (χ0n) is 15.3. The molecule has 0 saturated carbocycles. The lowest BCUT2D eigenvalue weighted by Crippen LogP contribution is -2.55. The van der Waals surface area contributed by atoms with Gasteiger partial charge in [-0.05, 0) is 13.8 Å². The highest BCUT2D eigenvalue weighted by Gasteiger charge is 2.27. The van der Waals surface area contributed by atoms with Gasteiger partial charge >= 0.3 is 0 Å². The maximum atomic E-state index is 12.4. The maximum Gasteiger partial charge on any atom is 0.246 e. The molecule has 2 N–H and O–H groups in total. The molecule has 1 saturated heterocycles. The average Bonchev–Trinajstić information content (AvgIpc) is 2.97. The van der Waals surface area contributed by atoms with E-state index in [2.05, 4.69) is 20.7 Å². The van der Waals surface area contributed by atoms with E-state index >= 15 is 0 Å². The van der Waals surface area contributed by atoms with Crippen LogP contribution >= 0.6 is 0 Å². The second kappa shape index (κ2) is 8.50. The smallest absolute Gasteiger partial charge is 0.246 e. The number of rotatable bonds is 5. The maximum absolute atomic E-state index is 12.4. The van der Waals surface area contributed by atoms with Gasteiger partial charge in [-0.2, -0.15) is 5.10 Å². The van der Waals surface area contributed by atoms with Gasteiger partial charge in [0.25, 0.3) is 0 Å². The number of hydrogen-bond acceptors (Lipinski definition) is 4. The van der Waals surface area contributed by atoms with Crippen molar-refractivity contribution in [1.29, 1.82) is 0 Å². The van der Waals surface area contributed by atoms with Crippen molar-refractivity contribution in [3.63, 3.8) is 0 Å². The number of aromatic nitrogens is 2. The molecule has 1 aromatic heterocycles. The number of carbonyl (C=O) groups excluding carboxylic acids is 2. The first-order valence-corrected chi connectivity index (χ1v) is 8.44. The first-order chi connectivity index (χ1) is 11.9. The molecule has 0 aromatic carbocycles. The van der Waals surface area contributed by atoms with Crippen molar-refractivity contribution >= 4 is 23.5 Å². The molecule has 1 aliphatic heterocycles. The van der Waals surface area contributed by atoms with Gasteiger partial charge in [-0.15, -0.1) is 0 Å². The predicted molar refractivity (Wildman–Crippen MR) is 96.4 cm³/mol. The second-order valence-corrected chi connectivity index (χ2v) is 6.29. The molecule has 1 fully saturated rings. The number of nitrogens with one attached hydrogen (secondary N) is 2. The Bertz CT molecular complexity index is 638. The summed E-state index contributed by atoms with van der Waals surface area (Å²) in [7, 11) is 3.50. The molecule has 9 nitrogen and oxygen atoms in total. The Hall–Kier alpha value is -2.58. The topological polar surface area (TPSA) is 94.9 Å². The molecule has 0 atom stereocenters. The number of nitrogens with zero attached hydrogens (tertiary/aromatic N) is 5. The van der Waals surface area contributed by atoms with Crippen molar-refractivity contribution in [3.8, 4) is 0 Å². The standard InChI is InChI=1S/C16H27N7O2/c1-12(2)20-14(24)5-6-18-16(17-3)22-7-8-23(15(25)11-22)13-9-19-21(4)10-13/h9-10,12H,5-8,11H2,1-4H3,(H,17,18)(H,20,24). The molecule has 138 valence electrons. The van der Waals surface area contributed by atoms with Crippen LogP contribution in [-0.4, -0.2) is 71.7 Å². The van der Waals surface area contributed by atoms with Gasteiger partial charge in [-0.1, -0.05) is 0 Å². The Morgan fingerprint density at radius 2 is 2.16 bits per heavy atom. The third kappa shape index (κ3) is 5.20. The van der Waals surface area contributed by atoms with E-state index in [0.717, 1.165) is 5.69 Å². The summed E-state index contributed by atoms with van der Waals surface area (Å²) in [5.74, 6) is 0.631. The van der Waals surface area contributed by atoms with E-state index in [4.69, 9.17) is 0 Å². The summed E-state index contributed by atoms with van der Waals surface area (Å²) in [5, 5.41) is 10.1. The summed E-state index contributed by atoms with van der Waals surface area (Å²) in [4.78, 5) is 32.0. The molecular formula is C16H27N7O2. The van der Waals surface area contributed by atoms with Crippen molar-refractivity contribution in [2.75, 3.05) is 38.1 Å². The molecule has 1 aromatic rings. The van der Waals surface area contributed by atoms with E-state index in [1.807, 2.05) is 32.0 Å². The van der Waals surface area contributed by atoms with Crippen LogP contribution in [0, 0.1) is 0 Å². The van der Waals surface area contributed by atoms with Gasteiger partial charge in [-0.3, -0.25) is 19.3 Å². The van der Waals surface area contributed by atoms with Crippen LogP contribution in [0.25, 0.3) is 0 Å². The van der Waals surface area contributed by atoms with Gasteiger partial charge in [0.1, 0.15) is 6.54 Å². The minimum Gasteiger partial charge on any atom is -0.356 e. The number of carbonyl (C=O) groups is 2. The van der Waals surface area contributed by atoms with Crippen LogP contribution in [0.15, 0.2) is 17.4 Å². The Balaban J connectivity index is 1.84. The monoisotopic (exact) mass is 349 g/mol. The summed E-state index contributed by atoms with van der Waals surface area (Å²) < 4.78 is 1.68. The van der Waals surface area contributed by atoms with E-state index in [0.29, 0.717) is 32.0 Å². The normalized spacial score (nSPS) is 15.7. The third-order valence-corrected chi connectivity index (χ3v) is 3.82. The minimum absolute atomic E-state index is 0.000231. The number of hydrogen-bond donors (Lipinski definition) is 2. The first-order valence-electron chi connectivity index (χ1n) is 8.44. The van der Waals surface area contributed by atoms with Crippen LogP contribution < -0.4 is 15.5 Å². The number of amides is 2. The van der Waals surface area contributed by atoms with Gasteiger partial charge < -0.3 is 20.4 Å². The molecule has 0 radical (unpaired) electrons. The lowest BCUT2D eigenvalue weighted by atomic mass is 10.3. The van der Waals surface area contributed by atoms with Gasteiger partial charge in [0.15, 0.2) is 5.96 Å². The van der Waals surface area contributed by atoms with Crippen molar-refractivity contribution < 1.29 is 9.59 Å². The highest BCUT2D eigenvalue weighted by Crippen LogP contribution is 2.15. The zero-order chi connectivity index (χ0) is 18.4. The van der Waals surface area contributed by atoms with Crippen LogP contribution in [0.2, 0.25) is 0 Å². The molecule has 1 aliphatic rings. The van der Waals surface area contributed by atoms with E-state index in [1.165, 1.54) is 0 Å². The Morgan fingerprint density at radius 1 is 1.40 bits per heavy atom. The summed E-state index contributed by atoms with van der Waals surface area (Å²) in [6.45, 7) is 5.81. The van der Waals surface area contributed by atoms with Crippen LogP contribution in [0.1, 0.15) is 20.3 Å². The molecule has 2 amide bonds. The predicted octanol–water partition coefficient (Wildman–Crippen LogP) is -0.441. The summed E-state index contributed by atoms with van der Waals surface area (Å²) in [6.07, 6.45) is 3.88. The zero-order valence-corrected chi connectivity index (χ0v) is 15.3. The van der Waals surface area contributed by atoms with Crippen LogP contribution in [0.3, 0.4) is 0 Å². The quantitative estimate of drug-likeness (QED) is 0.555. The Labute approximate surface area is 148 Å². The second-order valence-electron chi connectivity index (χ2n) is 6.29. The molecule has 9 heteroatoms. The molecule has 2 heterocycles. The minimum atomic E-state index is -0.00423. The number of aryl methyl sites for hydroxylation is 1. The van der Waals surface area contributed by atoms with E-state index in [9.17, 15) is 9.59 Å². The molecular weight excluding hydrogens is 322 g/mol. The molecule has 25 heavy (non-hydrogen) atoms. The van der Waals surface area contributed by atoms with E-state index < -0.39 is 0 Å². The lowest BCUT2D eigenvalue weighted by molar-refractivity contribution is -0.122. The highest BCUT2D eigenvalue weighted by atomic mass is 16.2. The lowest BCUT2D eigenvalue weighted by Gasteiger charge is -2.35. The fourth-order valence-electron chi connectivity index (χ4n) is 2.69. The molecule has 0 spiro atoms. The van der Waals surface area contributed by atoms with Gasteiger partial charge in [0, 0.05) is 52.4 Å². The van der Waals surface area contributed by atoms with E-state index in [-0.39, 0.29) is 24.4 Å². The summed E-state index contributed by atoms with van der Waals surface area (Å²) in [6, 6.07) is 0.130. The van der Waals surface area contributed by atoms with Crippen molar-refractivity contribution in [3.05, 3.63) is 12.4 Å².